The van der Waals surface area contributed by atoms with Crippen molar-refractivity contribution in [3.8, 4) is 16.9 Å². The molecule has 1 saturated heterocycles. The number of esters is 1. The molecule has 1 aliphatic rings. The number of aromatic nitrogens is 1. The van der Waals surface area contributed by atoms with Crippen LogP contribution >= 0.6 is 0 Å². The molecule has 0 amide bonds. The van der Waals surface area contributed by atoms with Crippen LogP contribution in [-0.2, 0) is 9.47 Å². The second-order valence-electron chi connectivity index (χ2n) is 7.07. The van der Waals surface area contributed by atoms with Crippen molar-refractivity contribution in [3.05, 3.63) is 71.9 Å². The fourth-order valence-corrected chi connectivity index (χ4v) is 3.81. The van der Waals surface area contributed by atoms with E-state index in [4.69, 9.17) is 9.47 Å². The number of nitrogens with zero attached hydrogens (tertiary/aromatic N) is 2. The van der Waals surface area contributed by atoms with Crippen LogP contribution in [-0.4, -0.2) is 43.4 Å². The lowest BCUT2D eigenvalue weighted by molar-refractivity contribution is 0.0525. The van der Waals surface area contributed by atoms with E-state index in [1.54, 1.807) is 0 Å². The number of carbonyl (C=O) groups is 1. The molecule has 29 heavy (non-hydrogen) atoms. The average Bonchev–Trinajstić information content (AvgIpc) is 3.12. The number of rotatable bonds is 5. The maximum atomic E-state index is 12.5. The van der Waals surface area contributed by atoms with Crippen molar-refractivity contribution in [3.63, 3.8) is 0 Å². The van der Waals surface area contributed by atoms with E-state index >= 15 is 0 Å². The van der Waals surface area contributed by atoms with Gasteiger partial charge in [-0.15, -0.1) is 0 Å². The number of anilines is 1. The van der Waals surface area contributed by atoms with Gasteiger partial charge in [0.05, 0.1) is 31.1 Å². The highest BCUT2D eigenvalue weighted by atomic mass is 16.5. The van der Waals surface area contributed by atoms with Crippen LogP contribution in [0.2, 0.25) is 0 Å². The van der Waals surface area contributed by atoms with Crippen LogP contribution in [0.1, 0.15) is 23.0 Å². The molecule has 0 saturated carbocycles. The zero-order valence-electron chi connectivity index (χ0n) is 16.9. The van der Waals surface area contributed by atoms with Gasteiger partial charge in [-0.05, 0) is 49.7 Å². The van der Waals surface area contributed by atoms with Gasteiger partial charge in [-0.1, -0.05) is 30.3 Å². The van der Waals surface area contributed by atoms with Crippen molar-refractivity contribution in [2.75, 3.05) is 37.8 Å². The molecule has 3 aromatic rings. The minimum atomic E-state index is -0.286. The van der Waals surface area contributed by atoms with Gasteiger partial charge in [-0.3, -0.25) is 0 Å². The maximum Gasteiger partial charge on any atom is 0.339 e. The summed E-state index contributed by atoms with van der Waals surface area (Å²) in [5.74, 6) is -0.286. The van der Waals surface area contributed by atoms with Gasteiger partial charge in [0.25, 0.3) is 0 Å². The Hall–Kier alpha value is -3.05. The zero-order chi connectivity index (χ0) is 20.2. The molecule has 1 fully saturated rings. The highest BCUT2D eigenvalue weighted by Gasteiger charge is 2.20. The van der Waals surface area contributed by atoms with E-state index in [-0.39, 0.29) is 5.97 Å². The largest absolute Gasteiger partial charge is 0.462 e. The summed E-state index contributed by atoms with van der Waals surface area (Å²) in [4.78, 5) is 14.8. The van der Waals surface area contributed by atoms with Gasteiger partial charge in [0, 0.05) is 30.2 Å². The summed E-state index contributed by atoms with van der Waals surface area (Å²) in [5.41, 5.74) is 5.72. The topological polar surface area (TPSA) is 43.7 Å². The molecule has 2 aromatic carbocycles. The molecule has 0 N–H and O–H groups in total. The highest BCUT2D eigenvalue weighted by Crippen LogP contribution is 2.31. The van der Waals surface area contributed by atoms with Crippen LogP contribution < -0.4 is 4.90 Å². The predicted molar refractivity (Wildman–Crippen MR) is 115 cm³/mol. The van der Waals surface area contributed by atoms with Gasteiger partial charge < -0.3 is 18.9 Å². The number of carbonyl (C=O) groups excluding carboxylic acids is 1. The SMILES string of the molecule is CCOC(=O)c1cc(-c2ccccc2)n(-c2ccc(N3CCOCC3)cc2)c1C. The second kappa shape index (κ2) is 8.53. The normalized spacial score (nSPS) is 14.1. The van der Waals surface area contributed by atoms with Gasteiger partial charge >= 0.3 is 5.97 Å². The van der Waals surface area contributed by atoms with E-state index in [9.17, 15) is 4.79 Å². The first-order chi connectivity index (χ1) is 14.2. The van der Waals surface area contributed by atoms with Gasteiger partial charge in [0.2, 0.25) is 0 Å². The number of morpholine rings is 1. The molecule has 0 bridgehead atoms. The molecular weight excluding hydrogens is 364 g/mol. The standard InChI is InChI=1S/C24H26N2O3/c1-3-29-24(27)22-17-23(19-7-5-4-6-8-19)26(18(22)2)21-11-9-20(10-12-21)25-13-15-28-16-14-25/h4-12,17H,3,13-16H2,1-2H3. The molecule has 1 aromatic heterocycles. The molecule has 0 atom stereocenters. The zero-order valence-corrected chi connectivity index (χ0v) is 16.9. The number of hydrogen-bond donors (Lipinski definition) is 0. The third-order valence-electron chi connectivity index (χ3n) is 5.30. The van der Waals surface area contributed by atoms with E-state index in [0.717, 1.165) is 48.9 Å². The van der Waals surface area contributed by atoms with E-state index < -0.39 is 0 Å². The molecule has 5 nitrogen and oxygen atoms in total. The van der Waals surface area contributed by atoms with Crippen LogP contribution in [0.4, 0.5) is 5.69 Å². The Bertz CT molecular complexity index is 971. The van der Waals surface area contributed by atoms with Crippen LogP contribution in [0.5, 0.6) is 0 Å². The molecule has 4 rings (SSSR count). The maximum absolute atomic E-state index is 12.5. The van der Waals surface area contributed by atoms with Gasteiger partial charge in [-0.2, -0.15) is 0 Å². The van der Waals surface area contributed by atoms with E-state index in [2.05, 4.69) is 45.9 Å². The molecule has 1 aliphatic heterocycles. The lowest BCUT2D eigenvalue weighted by Crippen LogP contribution is -2.36. The molecule has 0 radical (unpaired) electrons. The Kier molecular flexibility index (Phi) is 5.67. The van der Waals surface area contributed by atoms with Crippen molar-refractivity contribution in [2.24, 2.45) is 0 Å². The van der Waals surface area contributed by atoms with Crippen molar-refractivity contribution in [1.29, 1.82) is 0 Å². The molecule has 150 valence electrons. The third kappa shape index (κ3) is 3.91. The van der Waals surface area contributed by atoms with Gasteiger partial charge in [0.1, 0.15) is 0 Å². The summed E-state index contributed by atoms with van der Waals surface area (Å²) in [5, 5.41) is 0. The van der Waals surface area contributed by atoms with Crippen molar-refractivity contribution in [1.82, 2.24) is 4.57 Å². The Morgan fingerprint density at radius 3 is 2.31 bits per heavy atom. The number of benzene rings is 2. The predicted octanol–water partition coefficient (Wildman–Crippen LogP) is 4.47. The van der Waals surface area contributed by atoms with Crippen molar-refractivity contribution < 1.29 is 14.3 Å². The van der Waals surface area contributed by atoms with E-state index in [1.165, 1.54) is 5.69 Å². The number of hydrogen-bond acceptors (Lipinski definition) is 4. The molecule has 2 heterocycles. The fourth-order valence-electron chi connectivity index (χ4n) is 3.81. The summed E-state index contributed by atoms with van der Waals surface area (Å²) in [6, 6.07) is 20.5. The number of ether oxygens (including phenoxy) is 2. The highest BCUT2D eigenvalue weighted by molar-refractivity contribution is 5.93. The Labute approximate surface area is 171 Å². The molecule has 0 unspecified atom stereocenters. The summed E-state index contributed by atoms with van der Waals surface area (Å²) in [7, 11) is 0. The van der Waals surface area contributed by atoms with E-state index in [0.29, 0.717) is 12.2 Å². The summed E-state index contributed by atoms with van der Waals surface area (Å²) < 4.78 is 12.9. The van der Waals surface area contributed by atoms with Gasteiger partial charge in [-0.25, -0.2) is 4.79 Å². The van der Waals surface area contributed by atoms with Crippen LogP contribution in [0.15, 0.2) is 60.7 Å². The first-order valence-electron chi connectivity index (χ1n) is 10.1. The Balaban J connectivity index is 1.76. The van der Waals surface area contributed by atoms with Crippen LogP contribution in [0, 0.1) is 6.92 Å². The molecular formula is C24H26N2O3. The lowest BCUT2D eigenvalue weighted by Gasteiger charge is -2.29. The average molecular weight is 390 g/mol. The first kappa shape index (κ1) is 19.3. The minimum absolute atomic E-state index is 0.286. The van der Waals surface area contributed by atoms with Crippen LogP contribution in [0.25, 0.3) is 16.9 Å². The fraction of sp³-hybridized carbons (Fsp3) is 0.292. The Morgan fingerprint density at radius 2 is 1.66 bits per heavy atom. The summed E-state index contributed by atoms with van der Waals surface area (Å²) in [6.45, 7) is 7.49. The summed E-state index contributed by atoms with van der Waals surface area (Å²) >= 11 is 0. The summed E-state index contributed by atoms with van der Waals surface area (Å²) in [6.07, 6.45) is 0. The van der Waals surface area contributed by atoms with E-state index in [1.807, 2.05) is 38.1 Å². The molecule has 0 aliphatic carbocycles. The van der Waals surface area contributed by atoms with Crippen molar-refractivity contribution in [2.45, 2.75) is 13.8 Å². The lowest BCUT2D eigenvalue weighted by atomic mass is 10.1. The first-order valence-corrected chi connectivity index (χ1v) is 10.1. The monoisotopic (exact) mass is 390 g/mol. The quantitative estimate of drug-likeness (QED) is 0.603. The molecule has 5 heteroatoms. The van der Waals surface area contributed by atoms with Crippen molar-refractivity contribution >= 4 is 11.7 Å². The smallest absolute Gasteiger partial charge is 0.339 e. The van der Waals surface area contributed by atoms with Crippen LogP contribution in [0.3, 0.4) is 0 Å². The minimum Gasteiger partial charge on any atom is -0.462 e. The van der Waals surface area contributed by atoms with Gasteiger partial charge in [0.15, 0.2) is 0 Å². The second-order valence-corrected chi connectivity index (χ2v) is 7.07. The third-order valence-corrected chi connectivity index (χ3v) is 5.30. The molecule has 0 spiro atoms. The Morgan fingerprint density at radius 1 is 1.00 bits per heavy atom.